The highest BCUT2D eigenvalue weighted by Crippen LogP contribution is 2.33. The molecule has 5 heteroatoms. The fourth-order valence-corrected chi connectivity index (χ4v) is 4.40. The second-order valence-corrected chi connectivity index (χ2v) is 8.22. The zero-order valence-corrected chi connectivity index (χ0v) is 18.2. The van der Waals surface area contributed by atoms with E-state index in [2.05, 4.69) is 48.6 Å². The summed E-state index contributed by atoms with van der Waals surface area (Å²) in [6.45, 7) is 2.10. The van der Waals surface area contributed by atoms with Gasteiger partial charge in [-0.3, -0.25) is 10.1 Å². The molecule has 0 saturated carbocycles. The standard InChI is InChI=1S/C26H24N2O2S/c1-2-9-23-25(21-16-14-20(15-17-21)19-10-5-3-6-11-19)28-26(31-23)27-24(29)18-30-22-12-7-4-8-13-22/h3-8,10-17H,2,9,18H2,1H3,(H,27,28,29). The maximum atomic E-state index is 12.3. The molecule has 0 unspecified atom stereocenters. The van der Waals surface area contributed by atoms with Crippen LogP contribution < -0.4 is 10.1 Å². The van der Waals surface area contributed by atoms with Crippen LogP contribution in [0.1, 0.15) is 18.2 Å². The maximum absolute atomic E-state index is 12.3. The lowest BCUT2D eigenvalue weighted by Gasteiger charge is -2.05. The first-order valence-electron chi connectivity index (χ1n) is 10.4. The largest absolute Gasteiger partial charge is 0.484 e. The van der Waals surface area contributed by atoms with Gasteiger partial charge in [0.25, 0.3) is 5.91 Å². The average Bonchev–Trinajstić information content (AvgIpc) is 3.21. The van der Waals surface area contributed by atoms with E-state index < -0.39 is 0 Å². The van der Waals surface area contributed by atoms with Crippen molar-refractivity contribution in [3.05, 3.63) is 89.8 Å². The van der Waals surface area contributed by atoms with Gasteiger partial charge in [0.15, 0.2) is 11.7 Å². The Balaban J connectivity index is 1.48. The van der Waals surface area contributed by atoms with Crippen LogP contribution in [0.2, 0.25) is 0 Å². The number of ether oxygens (including phenoxy) is 1. The van der Waals surface area contributed by atoms with E-state index >= 15 is 0 Å². The number of nitrogens with one attached hydrogen (secondary N) is 1. The Kier molecular flexibility index (Phi) is 6.75. The van der Waals surface area contributed by atoms with Crippen LogP contribution in [0, 0.1) is 0 Å². The van der Waals surface area contributed by atoms with Gasteiger partial charge in [-0.1, -0.05) is 86.1 Å². The van der Waals surface area contributed by atoms with Gasteiger partial charge in [0.05, 0.1) is 5.69 Å². The second kappa shape index (κ2) is 10.0. The van der Waals surface area contributed by atoms with Crippen LogP contribution in [0.3, 0.4) is 0 Å². The molecule has 0 saturated heterocycles. The number of rotatable bonds is 8. The quantitative estimate of drug-likeness (QED) is 0.351. The van der Waals surface area contributed by atoms with Gasteiger partial charge in [-0.05, 0) is 29.7 Å². The van der Waals surface area contributed by atoms with Crippen molar-refractivity contribution < 1.29 is 9.53 Å². The van der Waals surface area contributed by atoms with E-state index in [1.807, 2.05) is 48.5 Å². The van der Waals surface area contributed by atoms with E-state index in [0.29, 0.717) is 10.9 Å². The summed E-state index contributed by atoms with van der Waals surface area (Å²) in [5, 5.41) is 3.49. The molecule has 4 aromatic rings. The maximum Gasteiger partial charge on any atom is 0.264 e. The highest BCUT2D eigenvalue weighted by Gasteiger charge is 2.15. The minimum absolute atomic E-state index is 0.0478. The van der Waals surface area contributed by atoms with Crippen LogP contribution in [-0.4, -0.2) is 17.5 Å². The summed E-state index contributed by atoms with van der Waals surface area (Å²) in [6.07, 6.45) is 1.94. The van der Waals surface area contributed by atoms with Gasteiger partial charge in [0.2, 0.25) is 0 Å². The Hall–Kier alpha value is -3.44. The number of hydrogen-bond acceptors (Lipinski definition) is 4. The molecule has 0 spiro atoms. The van der Waals surface area contributed by atoms with Crippen molar-refractivity contribution in [3.63, 3.8) is 0 Å². The second-order valence-electron chi connectivity index (χ2n) is 7.13. The van der Waals surface area contributed by atoms with Crippen molar-refractivity contribution in [1.82, 2.24) is 4.98 Å². The number of hydrogen-bond donors (Lipinski definition) is 1. The Bertz CT molecular complexity index is 1120. The molecule has 0 aliphatic heterocycles. The lowest BCUT2D eigenvalue weighted by Crippen LogP contribution is -2.20. The molecule has 0 aliphatic carbocycles. The van der Waals surface area contributed by atoms with Gasteiger partial charge in [-0.2, -0.15) is 0 Å². The van der Waals surface area contributed by atoms with E-state index in [4.69, 9.17) is 9.72 Å². The Labute approximate surface area is 186 Å². The van der Waals surface area contributed by atoms with Crippen molar-refractivity contribution in [1.29, 1.82) is 0 Å². The molecule has 4 nitrogen and oxygen atoms in total. The normalized spacial score (nSPS) is 10.6. The molecule has 0 atom stereocenters. The molecule has 1 heterocycles. The molecule has 3 aromatic carbocycles. The Morgan fingerprint density at radius 2 is 1.48 bits per heavy atom. The summed E-state index contributed by atoms with van der Waals surface area (Å²) in [5.74, 6) is 0.453. The topological polar surface area (TPSA) is 51.2 Å². The van der Waals surface area contributed by atoms with Crippen LogP contribution in [0.25, 0.3) is 22.4 Å². The molecule has 4 rings (SSSR count). The summed E-state index contributed by atoms with van der Waals surface area (Å²) >= 11 is 1.53. The van der Waals surface area contributed by atoms with Gasteiger partial charge >= 0.3 is 0 Å². The van der Waals surface area contributed by atoms with Gasteiger partial charge in [-0.25, -0.2) is 4.98 Å². The fraction of sp³-hybridized carbons (Fsp3) is 0.154. The number of aromatic nitrogens is 1. The zero-order valence-electron chi connectivity index (χ0n) is 17.4. The SMILES string of the molecule is CCCc1sc(NC(=O)COc2ccccc2)nc1-c1ccc(-c2ccccc2)cc1. The number of amides is 1. The molecular weight excluding hydrogens is 404 g/mol. The number of nitrogens with zero attached hydrogens (tertiary/aromatic N) is 1. The van der Waals surface area contributed by atoms with Crippen molar-refractivity contribution in [2.24, 2.45) is 0 Å². The third-order valence-corrected chi connectivity index (χ3v) is 5.83. The first-order chi connectivity index (χ1) is 15.2. The van der Waals surface area contributed by atoms with Crippen molar-refractivity contribution in [2.75, 3.05) is 11.9 Å². The predicted octanol–water partition coefficient (Wildman–Crippen LogP) is 6.45. The minimum atomic E-state index is -0.216. The summed E-state index contributed by atoms with van der Waals surface area (Å²) in [4.78, 5) is 18.2. The molecule has 0 fully saturated rings. The van der Waals surface area contributed by atoms with Crippen LogP contribution in [0.4, 0.5) is 5.13 Å². The first kappa shape index (κ1) is 20.8. The number of para-hydroxylation sites is 1. The summed E-state index contributed by atoms with van der Waals surface area (Å²) in [5.41, 5.74) is 4.35. The highest BCUT2D eigenvalue weighted by molar-refractivity contribution is 7.16. The number of benzene rings is 3. The van der Waals surface area contributed by atoms with Gasteiger partial charge in [-0.15, -0.1) is 11.3 Å². The van der Waals surface area contributed by atoms with Crippen molar-refractivity contribution in [3.8, 4) is 28.1 Å². The zero-order chi connectivity index (χ0) is 21.5. The van der Waals surface area contributed by atoms with Gasteiger partial charge in [0, 0.05) is 10.4 Å². The van der Waals surface area contributed by atoms with E-state index in [0.717, 1.165) is 24.1 Å². The van der Waals surface area contributed by atoms with Crippen LogP contribution in [0.5, 0.6) is 5.75 Å². The molecule has 0 radical (unpaired) electrons. The van der Waals surface area contributed by atoms with Crippen molar-refractivity contribution >= 4 is 22.4 Å². The Morgan fingerprint density at radius 1 is 0.871 bits per heavy atom. The molecule has 156 valence electrons. The minimum Gasteiger partial charge on any atom is -0.484 e. The summed E-state index contributed by atoms with van der Waals surface area (Å²) in [7, 11) is 0. The molecule has 1 N–H and O–H groups in total. The molecule has 1 aromatic heterocycles. The summed E-state index contributed by atoms with van der Waals surface area (Å²) in [6, 6.07) is 28.0. The van der Waals surface area contributed by atoms with Crippen LogP contribution >= 0.6 is 11.3 Å². The van der Waals surface area contributed by atoms with Crippen LogP contribution in [-0.2, 0) is 11.2 Å². The van der Waals surface area contributed by atoms with E-state index in [9.17, 15) is 4.79 Å². The van der Waals surface area contributed by atoms with Crippen molar-refractivity contribution in [2.45, 2.75) is 19.8 Å². The highest BCUT2D eigenvalue weighted by atomic mass is 32.1. The molecule has 0 bridgehead atoms. The molecule has 1 amide bonds. The predicted molar refractivity (Wildman–Crippen MR) is 128 cm³/mol. The number of anilines is 1. The number of aryl methyl sites for hydroxylation is 1. The average molecular weight is 429 g/mol. The van der Waals surface area contributed by atoms with Gasteiger partial charge in [0.1, 0.15) is 5.75 Å². The third kappa shape index (κ3) is 5.38. The monoisotopic (exact) mass is 428 g/mol. The molecule has 0 aliphatic rings. The van der Waals surface area contributed by atoms with E-state index in [-0.39, 0.29) is 12.5 Å². The van der Waals surface area contributed by atoms with E-state index in [1.54, 1.807) is 0 Å². The van der Waals surface area contributed by atoms with Gasteiger partial charge < -0.3 is 4.74 Å². The number of carbonyl (C=O) groups is 1. The van der Waals surface area contributed by atoms with Crippen LogP contribution in [0.15, 0.2) is 84.9 Å². The first-order valence-corrected chi connectivity index (χ1v) is 11.2. The number of thiazole rings is 1. The fourth-order valence-electron chi connectivity index (χ4n) is 3.30. The molecular formula is C26H24N2O2S. The number of carbonyl (C=O) groups excluding carboxylic acids is 1. The smallest absolute Gasteiger partial charge is 0.264 e. The lowest BCUT2D eigenvalue weighted by molar-refractivity contribution is -0.118. The third-order valence-electron chi connectivity index (χ3n) is 4.80. The Morgan fingerprint density at radius 3 is 2.16 bits per heavy atom. The lowest BCUT2D eigenvalue weighted by atomic mass is 10.0. The van der Waals surface area contributed by atoms with E-state index in [1.165, 1.54) is 27.3 Å². The summed E-state index contributed by atoms with van der Waals surface area (Å²) < 4.78 is 5.53. The molecule has 31 heavy (non-hydrogen) atoms.